The molecule has 1 amide bonds. The zero-order chi connectivity index (χ0) is 18.4. The highest BCUT2D eigenvalue weighted by molar-refractivity contribution is 6.31. The molecule has 2 aromatic rings. The van der Waals surface area contributed by atoms with Crippen LogP contribution in [0.2, 0.25) is 5.02 Å². The minimum absolute atomic E-state index is 0.261. The fourth-order valence-corrected chi connectivity index (χ4v) is 2.47. The number of hydrogen-bond donors (Lipinski definition) is 1. The summed E-state index contributed by atoms with van der Waals surface area (Å²) in [5.74, 6) is 1.05. The number of nitrogens with one attached hydrogen (secondary N) is 1. The van der Waals surface area contributed by atoms with Gasteiger partial charge in [-0.2, -0.15) is 0 Å². The van der Waals surface area contributed by atoms with Gasteiger partial charge in [-0.15, -0.1) is 0 Å². The van der Waals surface area contributed by atoms with E-state index in [1.807, 2.05) is 31.1 Å². The first-order valence-electron chi connectivity index (χ1n) is 7.62. The second-order valence-electron chi connectivity index (χ2n) is 5.49. The molecule has 0 aliphatic rings. The Balaban J connectivity index is 2.18. The van der Waals surface area contributed by atoms with Crippen molar-refractivity contribution < 1.29 is 14.3 Å². The van der Waals surface area contributed by atoms with Crippen LogP contribution in [0.15, 0.2) is 42.5 Å². The summed E-state index contributed by atoms with van der Waals surface area (Å²) in [5, 5.41) is 3.40. The molecule has 0 heterocycles. The minimum Gasteiger partial charge on any atom is -0.497 e. The predicted molar refractivity (Wildman–Crippen MR) is 103 cm³/mol. The third-order valence-electron chi connectivity index (χ3n) is 3.55. The Bertz CT molecular complexity index is 788. The topological polar surface area (TPSA) is 50.8 Å². The lowest BCUT2D eigenvalue weighted by Gasteiger charge is -2.17. The van der Waals surface area contributed by atoms with Gasteiger partial charge in [-0.05, 0) is 36.4 Å². The molecule has 1 N–H and O–H groups in total. The number of anilines is 2. The Morgan fingerprint density at radius 2 is 1.88 bits per heavy atom. The molecule has 2 rings (SSSR count). The average molecular weight is 361 g/mol. The van der Waals surface area contributed by atoms with E-state index in [9.17, 15) is 4.79 Å². The lowest BCUT2D eigenvalue weighted by atomic mass is 10.1. The normalized spacial score (nSPS) is 10.6. The van der Waals surface area contributed by atoms with Crippen LogP contribution < -0.4 is 19.7 Å². The Kier molecular flexibility index (Phi) is 6.31. The molecule has 0 aliphatic carbocycles. The molecule has 132 valence electrons. The van der Waals surface area contributed by atoms with Crippen molar-refractivity contribution in [1.82, 2.24) is 0 Å². The Hall–Kier alpha value is -2.66. The third kappa shape index (κ3) is 4.90. The Morgan fingerprint density at radius 3 is 2.52 bits per heavy atom. The maximum atomic E-state index is 12.3. The average Bonchev–Trinajstić information content (AvgIpc) is 2.59. The molecule has 5 nitrogen and oxygen atoms in total. The standard InChI is InChI=1S/C19H21ClN2O3/c1-22(2)17-9-7-14(20)11-16(17)21-19(23)10-6-13-5-8-15(24-3)12-18(13)25-4/h5-12H,1-4H3,(H,21,23)/b10-6+. The zero-order valence-electron chi connectivity index (χ0n) is 14.7. The van der Waals surface area contributed by atoms with Gasteiger partial charge in [-0.1, -0.05) is 11.6 Å². The maximum absolute atomic E-state index is 12.3. The van der Waals surface area contributed by atoms with Crippen LogP contribution in [-0.4, -0.2) is 34.2 Å². The number of carbonyl (C=O) groups excluding carboxylic acids is 1. The van der Waals surface area contributed by atoms with E-state index in [1.165, 1.54) is 6.08 Å². The summed E-state index contributed by atoms with van der Waals surface area (Å²) in [6.45, 7) is 0. The highest BCUT2D eigenvalue weighted by atomic mass is 35.5. The van der Waals surface area contributed by atoms with E-state index in [4.69, 9.17) is 21.1 Å². The zero-order valence-corrected chi connectivity index (χ0v) is 15.4. The number of carbonyl (C=O) groups is 1. The van der Waals surface area contributed by atoms with E-state index >= 15 is 0 Å². The van der Waals surface area contributed by atoms with Crippen molar-refractivity contribution in [3.8, 4) is 11.5 Å². The highest BCUT2D eigenvalue weighted by Crippen LogP contribution is 2.28. The molecule has 0 fully saturated rings. The second-order valence-corrected chi connectivity index (χ2v) is 5.92. The van der Waals surface area contributed by atoms with Gasteiger partial charge in [0.1, 0.15) is 11.5 Å². The fraction of sp³-hybridized carbons (Fsp3) is 0.211. The quantitative estimate of drug-likeness (QED) is 0.789. The van der Waals surface area contributed by atoms with Gasteiger partial charge in [0, 0.05) is 36.8 Å². The lowest BCUT2D eigenvalue weighted by Crippen LogP contribution is -2.15. The smallest absolute Gasteiger partial charge is 0.248 e. The molecule has 0 unspecified atom stereocenters. The molecule has 0 bridgehead atoms. The summed E-state index contributed by atoms with van der Waals surface area (Å²) < 4.78 is 10.5. The van der Waals surface area contributed by atoms with Crippen LogP contribution in [0, 0.1) is 0 Å². The van der Waals surface area contributed by atoms with Crippen molar-refractivity contribution >= 4 is 35.0 Å². The monoisotopic (exact) mass is 360 g/mol. The summed E-state index contributed by atoms with van der Waals surface area (Å²) in [6, 6.07) is 10.8. The number of ether oxygens (including phenoxy) is 2. The van der Waals surface area contributed by atoms with Crippen molar-refractivity contribution in [3.05, 3.63) is 53.1 Å². The number of nitrogens with zero attached hydrogens (tertiary/aromatic N) is 1. The van der Waals surface area contributed by atoms with Gasteiger partial charge in [0.05, 0.1) is 25.6 Å². The number of halogens is 1. The Labute approximate surface area is 152 Å². The first-order chi connectivity index (χ1) is 11.9. The van der Waals surface area contributed by atoms with Gasteiger partial charge in [0.2, 0.25) is 5.91 Å². The fourth-order valence-electron chi connectivity index (χ4n) is 2.29. The van der Waals surface area contributed by atoms with Crippen LogP contribution in [0.25, 0.3) is 6.08 Å². The van der Waals surface area contributed by atoms with Crippen LogP contribution >= 0.6 is 11.6 Å². The van der Waals surface area contributed by atoms with Crippen molar-refractivity contribution in [2.75, 3.05) is 38.5 Å². The second kappa shape index (κ2) is 8.44. The van der Waals surface area contributed by atoms with Crippen LogP contribution in [0.3, 0.4) is 0 Å². The first-order valence-corrected chi connectivity index (χ1v) is 8.00. The number of benzene rings is 2. The first kappa shape index (κ1) is 18.7. The number of hydrogen-bond acceptors (Lipinski definition) is 4. The van der Waals surface area contributed by atoms with E-state index < -0.39 is 0 Å². The summed E-state index contributed by atoms with van der Waals surface area (Å²) in [7, 11) is 6.96. The lowest BCUT2D eigenvalue weighted by molar-refractivity contribution is -0.111. The van der Waals surface area contributed by atoms with Crippen molar-refractivity contribution in [1.29, 1.82) is 0 Å². The van der Waals surface area contributed by atoms with Crippen molar-refractivity contribution in [2.24, 2.45) is 0 Å². The van der Waals surface area contributed by atoms with E-state index in [2.05, 4.69) is 5.32 Å². The number of amides is 1. The van der Waals surface area contributed by atoms with Gasteiger partial charge in [-0.25, -0.2) is 0 Å². The SMILES string of the molecule is COc1ccc(/C=C/C(=O)Nc2cc(Cl)ccc2N(C)C)c(OC)c1. The predicted octanol–water partition coefficient (Wildman–Crippen LogP) is 4.08. The van der Waals surface area contributed by atoms with E-state index in [1.54, 1.807) is 44.6 Å². The van der Waals surface area contributed by atoms with Crippen molar-refractivity contribution in [3.63, 3.8) is 0 Å². The van der Waals surface area contributed by atoms with Gasteiger partial charge in [-0.3, -0.25) is 4.79 Å². The van der Waals surface area contributed by atoms with Crippen LogP contribution in [-0.2, 0) is 4.79 Å². The van der Waals surface area contributed by atoms with E-state index in [-0.39, 0.29) is 5.91 Å². The summed E-state index contributed by atoms with van der Waals surface area (Å²) in [6.07, 6.45) is 3.14. The molecule has 25 heavy (non-hydrogen) atoms. The summed E-state index contributed by atoms with van der Waals surface area (Å²) >= 11 is 6.03. The molecule has 0 saturated heterocycles. The van der Waals surface area contributed by atoms with E-state index in [0.29, 0.717) is 22.2 Å². The maximum Gasteiger partial charge on any atom is 0.248 e. The molecular weight excluding hydrogens is 340 g/mol. The van der Waals surface area contributed by atoms with Gasteiger partial charge in [0.15, 0.2) is 0 Å². The molecule has 0 saturated carbocycles. The molecule has 0 spiro atoms. The van der Waals surface area contributed by atoms with Crippen LogP contribution in [0.4, 0.5) is 11.4 Å². The van der Waals surface area contributed by atoms with Crippen LogP contribution in [0.5, 0.6) is 11.5 Å². The molecule has 2 aromatic carbocycles. The highest BCUT2D eigenvalue weighted by Gasteiger charge is 2.08. The molecule has 0 atom stereocenters. The molecule has 0 radical (unpaired) electrons. The number of methoxy groups -OCH3 is 2. The van der Waals surface area contributed by atoms with Gasteiger partial charge >= 0.3 is 0 Å². The Morgan fingerprint density at radius 1 is 1.12 bits per heavy atom. The molecule has 0 aromatic heterocycles. The molecular formula is C19H21ClN2O3. The van der Waals surface area contributed by atoms with Gasteiger partial charge < -0.3 is 19.7 Å². The number of rotatable bonds is 6. The molecule has 6 heteroatoms. The molecule has 0 aliphatic heterocycles. The van der Waals surface area contributed by atoms with Gasteiger partial charge in [0.25, 0.3) is 0 Å². The third-order valence-corrected chi connectivity index (χ3v) is 3.79. The van der Waals surface area contributed by atoms with Crippen molar-refractivity contribution in [2.45, 2.75) is 0 Å². The van der Waals surface area contributed by atoms with Crippen LogP contribution in [0.1, 0.15) is 5.56 Å². The largest absolute Gasteiger partial charge is 0.497 e. The van der Waals surface area contributed by atoms with E-state index in [0.717, 1.165) is 11.3 Å². The summed E-state index contributed by atoms with van der Waals surface area (Å²) in [5.41, 5.74) is 2.29. The minimum atomic E-state index is -0.261. The summed E-state index contributed by atoms with van der Waals surface area (Å²) in [4.78, 5) is 14.2.